The van der Waals surface area contributed by atoms with Crippen LogP contribution in [0, 0.1) is 0 Å². The summed E-state index contributed by atoms with van der Waals surface area (Å²) in [5.41, 5.74) is 0. The standard InChI is InChI=1S/C5H6F2N2O2S.Na/c6-5(7)3-9-2-4(1-8-9)12(10)11;/h1-2,5H,3H2,(H,10,11);/q;+1/p-1. The molecule has 0 bridgehead atoms. The Morgan fingerprint density at radius 3 is 2.69 bits per heavy atom. The van der Waals surface area contributed by atoms with E-state index in [0.29, 0.717) is 0 Å². The van der Waals surface area contributed by atoms with Gasteiger partial charge in [-0.15, -0.1) is 0 Å². The first kappa shape index (κ1) is 13.2. The molecule has 0 saturated heterocycles. The molecule has 1 heterocycles. The second-order valence-electron chi connectivity index (χ2n) is 2.02. The first-order valence-corrected chi connectivity index (χ1v) is 4.07. The maximum atomic E-state index is 11.7. The second kappa shape index (κ2) is 5.82. The molecule has 1 aromatic rings. The Labute approximate surface area is 97.9 Å². The van der Waals surface area contributed by atoms with E-state index in [1.54, 1.807) is 0 Å². The van der Waals surface area contributed by atoms with Gasteiger partial charge in [-0.05, 0) is 11.1 Å². The molecule has 0 spiro atoms. The monoisotopic (exact) mass is 218 g/mol. The van der Waals surface area contributed by atoms with Crippen molar-refractivity contribution in [3.05, 3.63) is 12.4 Å². The minimum absolute atomic E-state index is 0. The Morgan fingerprint density at radius 1 is 1.69 bits per heavy atom. The molecule has 0 saturated carbocycles. The van der Waals surface area contributed by atoms with Gasteiger partial charge in [0.1, 0.15) is 6.54 Å². The summed E-state index contributed by atoms with van der Waals surface area (Å²) >= 11 is -2.40. The van der Waals surface area contributed by atoms with Crippen LogP contribution >= 0.6 is 0 Å². The third kappa shape index (κ3) is 4.28. The van der Waals surface area contributed by atoms with E-state index < -0.39 is 24.1 Å². The molecule has 1 unspecified atom stereocenters. The zero-order valence-corrected chi connectivity index (χ0v) is 9.63. The molecule has 1 rings (SSSR count). The number of halogens is 2. The van der Waals surface area contributed by atoms with Gasteiger partial charge >= 0.3 is 29.6 Å². The molecule has 0 aromatic carbocycles. The van der Waals surface area contributed by atoms with Crippen LogP contribution in [-0.4, -0.2) is 25.0 Å². The average molecular weight is 218 g/mol. The third-order valence-corrected chi connectivity index (χ3v) is 1.72. The fraction of sp³-hybridized carbons (Fsp3) is 0.400. The summed E-state index contributed by atoms with van der Waals surface area (Å²) < 4.78 is 44.8. The molecule has 13 heavy (non-hydrogen) atoms. The molecule has 0 radical (unpaired) electrons. The Kier molecular flexibility index (Phi) is 5.90. The molecule has 4 nitrogen and oxygen atoms in total. The number of aromatic nitrogens is 2. The van der Waals surface area contributed by atoms with Gasteiger partial charge in [0.25, 0.3) is 6.43 Å². The summed E-state index contributed by atoms with van der Waals surface area (Å²) in [6, 6.07) is 0. The van der Waals surface area contributed by atoms with E-state index in [9.17, 15) is 17.5 Å². The number of alkyl halides is 2. The van der Waals surface area contributed by atoms with Crippen molar-refractivity contribution in [1.29, 1.82) is 0 Å². The zero-order valence-electron chi connectivity index (χ0n) is 6.81. The van der Waals surface area contributed by atoms with Gasteiger partial charge in [0, 0.05) is 6.20 Å². The fourth-order valence-electron chi connectivity index (χ4n) is 0.672. The van der Waals surface area contributed by atoms with E-state index in [1.165, 1.54) is 0 Å². The topological polar surface area (TPSA) is 57.9 Å². The van der Waals surface area contributed by atoms with E-state index in [4.69, 9.17) is 0 Å². The molecule has 0 fully saturated rings. The van der Waals surface area contributed by atoms with Crippen molar-refractivity contribution in [3.8, 4) is 0 Å². The molecule has 1 aromatic heterocycles. The summed E-state index contributed by atoms with van der Waals surface area (Å²) in [5.74, 6) is 0. The molecule has 0 aliphatic heterocycles. The van der Waals surface area contributed by atoms with Crippen molar-refractivity contribution in [1.82, 2.24) is 9.78 Å². The molecule has 1 atom stereocenters. The minimum atomic E-state index is -2.53. The van der Waals surface area contributed by atoms with Gasteiger partial charge in [-0.3, -0.25) is 8.89 Å². The second-order valence-corrected chi connectivity index (χ2v) is 2.96. The van der Waals surface area contributed by atoms with Gasteiger partial charge in [0.2, 0.25) is 0 Å². The van der Waals surface area contributed by atoms with Crippen LogP contribution < -0.4 is 29.6 Å². The van der Waals surface area contributed by atoms with Gasteiger partial charge in [0.05, 0.1) is 11.1 Å². The molecular formula is C5H5F2N2NaO2S. The summed E-state index contributed by atoms with van der Waals surface area (Å²) in [4.78, 5) is -0.0874. The summed E-state index contributed by atoms with van der Waals surface area (Å²) in [6.45, 7) is -0.586. The maximum absolute atomic E-state index is 11.7. The van der Waals surface area contributed by atoms with Gasteiger partial charge in [0.15, 0.2) is 0 Å². The quantitative estimate of drug-likeness (QED) is 0.412. The van der Waals surface area contributed by atoms with Crippen molar-refractivity contribution in [2.75, 3.05) is 0 Å². The molecule has 0 N–H and O–H groups in total. The van der Waals surface area contributed by atoms with E-state index >= 15 is 0 Å². The van der Waals surface area contributed by atoms with E-state index in [-0.39, 0.29) is 34.5 Å². The summed E-state index contributed by atoms with van der Waals surface area (Å²) in [6.07, 6.45) is -0.460. The van der Waals surface area contributed by atoms with Crippen molar-refractivity contribution >= 4 is 11.1 Å². The minimum Gasteiger partial charge on any atom is -0.768 e. The Morgan fingerprint density at radius 2 is 2.31 bits per heavy atom. The normalized spacial score (nSPS) is 12.6. The van der Waals surface area contributed by atoms with Crippen molar-refractivity contribution in [2.24, 2.45) is 0 Å². The van der Waals surface area contributed by atoms with Crippen molar-refractivity contribution < 1.29 is 47.1 Å². The largest absolute Gasteiger partial charge is 1.00 e. The van der Waals surface area contributed by atoms with Crippen LogP contribution in [-0.2, 0) is 17.6 Å². The number of rotatable bonds is 3. The van der Waals surface area contributed by atoms with Gasteiger partial charge in [-0.1, -0.05) is 0 Å². The van der Waals surface area contributed by atoms with Crippen LogP contribution in [0.4, 0.5) is 8.78 Å². The van der Waals surface area contributed by atoms with Crippen LogP contribution in [0.2, 0.25) is 0 Å². The smallest absolute Gasteiger partial charge is 0.768 e. The first-order chi connectivity index (χ1) is 5.59. The van der Waals surface area contributed by atoms with Gasteiger partial charge in [-0.25, -0.2) is 8.78 Å². The van der Waals surface area contributed by atoms with Gasteiger partial charge < -0.3 is 4.55 Å². The van der Waals surface area contributed by atoms with Crippen LogP contribution in [0.1, 0.15) is 0 Å². The molecule has 68 valence electrons. The van der Waals surface area contributed by atoms with Crippen molar-refractivity contribution in [2.45, 2.75) is 17.9 Å². The fourth-order valence-corrected chi connectivity index (χ4v) is 1.01. The number of hydrogen-bond donors (Lipinski definition) is 0. The molecular weight excluding hydrogens is 213 g/mol. The zero-order chi connectivity index (χ0) is 9.14. The first-order valence-electron chi connectivity index (χ1n) is 2.99. The predicted molar refractivity (Wildman–Crippen MR) is 35.4 cm³/mol. The van der Waals surface area contributed by atoms with Crippen LogP contribution in [0.25, 0.3) is 0 Å². The van der Waals surface area contributed by atoms with Crippen LogP contribution in [0.15, 0.2) is 17.3 Å². The number of nitrogens with zero attached hydrogens (tertiary/aromatic N) is 2. The van der Waals surface area contributed by atoms with Crippen molar-refractivity contribution in [3.63, 3.8) is 0 Å². The molecule has 0 aliphatic rings. The summed E-state index contributed by atoms with van der Waals surface area (Å²) in [7, 11) is 0. The third-order valence-electron chi connectivity index (χ3n) is 1.13. The van der Waals surface area contributed by atoms with Crippen LogP contribution in [0.5, 0.6) is 0 Å². The SMILES string of the molecule is O=S([O-])c1cnn(CC(F)F)c1.[Na+]. The molecule has 0 aliphatic carbocycles. The van der Waals surface area contributed by atoms with Crippen LogP contribution in [0.3, 0.4) is 0 Å². The van der Waals surface area contributed by atoms with E-state index in [1.807, 2.05) is 0 Å². The Hall–Kier alpha value is 0.180. The predicted octanol–water partition coefficient (Wildman–Crippen LogP) is -2.61. The molecule has 0 amide bonds. The Balaban J connectivity index is 0.00000144. The molecule has 8 heteroatoms. The Bertz CT molecular complexity index is 294. The van der Waals surface area contributed by atoms with E-state index in [0.717, 1.165) is 17.1 Å². The number of hydrogen-bond acceptors (Lipinski definition) is 3. The van der Waals surface area contributed by atoms with Gasteiger partial charge in [-0.2, -0.15) is 5.10 Å². The summed E-state index contributed by atoms with van der Waals surface area (Å²) in [5, 5.41) is 3.42. The average Bonchev–Trinajstić information content (AvgIpc) is 2.34. The maximum Gasteiger partial charge on any atom is 1.00 e. The van der Waals surface area contributed by atoms with E-state index in [2.05, 4.69) is 5.10 Å².